The van der Waals surface area contributed by atoms with Gasteiger partial charge in [0.25, 0.3) is 0 Å². The van der Waals surface area contributed by atoms with E-state index in [2.05, 4.69) is 26.0 Å². The monoisotopic (exact) mass is 637 g/mol. The lowest BCUT2D eigenvalue weighted by molar-refractivity contribution is -0.161. The molecule has 0 fully saturated rings. The number of aliphatic hydroxyl groups excluding tert-OH is 1. The van der Waals surface area contributed by atoms with Gasteiger partial charge in [-0.05, 0) is 38.5 Å². The first kappa shape index (κ1) is 43.6. The summed E-state index contributed by atoms with van der Waals surface area (Å²) in [6, 6.07) is 0. The first-order valence-corrected chi connectivity index (χ1v) is 19.7. The van der Waals surface area contributed by atoms with E-state index in [0.717, 1.165) is 38.5 Å². The van der Waals surface area contributed by atoms with Crippen LogP contribution in [0.3, 0.4) is 0 Å². The van der Waals surface area contributed by atoms with Gasteiger partial charge in [0, 0.05) is 12.8 Å². The van der Waals surface area contributed by atoms with E-state index in [0.29, 0.717) is 12.8 Å². The molecule has 0 aromatic carbocycles. The summed E-state index contributed by atoms with van der Waals surface area (Å²) >= 11 is 0. The number of carbonyl (C=O) groups is 2. The minimum Gasteiger partial charge on any atom is -0.462 e. The lowest BCUT2D eigenvalue weighted by Crippen LogP contribution is -2.28. The van der Waals surface area contributed by atoms with Crippen molar-refractivity contribution in [2.24, 2.45) is 0 Å². The summed E-state index contributed by atoms with van der Waals surface area (Å²) in [5, 5.41) is 9.54. The van der Waals surface area contributed by atoms with E-state index in [1.165, 1.54) is 148 Å². The molecule has 45 heavy (non-hydrogen) atoms. The molecule has 0 unspecified atom stereocenters. The van der Waals surface area contributed by atoms with Crippen LogP contribution in [0.1, 0.15) is 213 Å². The van der Waals surface area contributed by atoms with Gasteiger partial charge in [-0.2, -0.15) is 0 Å². The summed E-state index contributed by atoms with van der Waals surface area (Å²) in [6.45, 7) is 4.14. The highest BCUT2D eigenvalue weighted by molar-refractivity contribution is 5.70. The van der Waals surface area contributed by atoms with Gasteiger partial charge in [-0.1, -0.05) is 174 Å². The second kappa shape index (κ2) is 37.1. The van der Waals surface area contributed by atoms with Gasteiger partial charge in [-0.3, -0.25) is 9.59 Å². The number of hydrogen-bond acceptors (Lipinski definition) is 5. The highest BCUT2D eigenvalue weighted by Gasteiger charge is 2.16. The van der Waals surface area contributed by atoms with E-state index in [9.17, 15) is 14.7 Å². The Morgan fingerprint density at radius 2 is 0.822 bits per heavy atom. The molecule has 0 heterocycles. The van der Waals surface area contributed by atoms with Crippen molar-refractivity contribution in [3.8, 4) is 0 Å². The molecule has 0 saturated carbocycles. The van der Waals surface area contributed by atoms with Gasteiger partial charge in [0.05, 0.1) is 6.61 Å². The molecule has 1 atom stereocenters. The molecule has 0 spiro atoms. The number of esters is 2. The Kier molecular flexibility index (Phi) is 36.0. The zero-order chi connectivity index (χ0) is 32.9. The number of aliphatic hydroxyl groups is 1. The molecule has 0 aliphatic heterocycles. The van der Waals surface area contributed by atoms with Crippen LogP contribution in [0.15, 0.2) is 12.2 Å². The molecule has 0 bridgehead atoms. The average Bonchev–Trinajstić information content (AvgIpc) is 3.04. The zero-order valence-electron chi connectivity index (χ0n) is 30.1. The molecule has 5 heteroatoms. The third kappa shape index (κ3) is 35.3. The molecule has 0 amide bonds. The Morgan fingerprint density at radius 1 is 0.489 bits per heavy atom. The SMILES string of the molecule is CCCCCCC/C=C/CCCCCCCC(=O)O[C@@H](CO)COC(=O)CCCCCCCCCCCCCCCCCCC. The highest BCUT2D eigenvalue weighted by Crippen LogP contribution is 2.15. The number of hydrogen-bond donors (Lipinski definition) is 1. The zero-order valence-corrected chi connectivity index (χ0v) is 30.1. The van der Waals surface area contributed by atoms with E-state index in [1.54, 1.807) is 0 Å². The number of unbranched alkanes of at least 4 members (excludes halogenated alkanes) is 26. The summed E-state index contributed by atoms with van der Waals surface area (Å²) in [7, 11) is 0. The standard InChI is InChI=1S/C40H76O5/c1-3-5-7-9-11-13-15-17-19-20-21-23-24-26-28-30-32-34-39(42)44-37-38(36-41)45-40(43)35-33-31-29-27-25-22-18-16-14-12-10-8-6-4-2/h16,18,38,41H,3-15,17,19-37H2,1-2H3/b18-16+/t38-/m0/s1. The fourth-order valence-corrected chi connectivity index (χ4v) is 5.78. The van der Waals surface area contributed by atoms with E-state index < -0.39 is 6.10 Å². The quantitative estimate of drug-likeness (QED) is 0.0421. The Morgan fingerprint density at radius 3 is 1.20 bits per heavy atom. The van der Waals surface area contributed by atoms with E-state index in [-0.39, 0.29) is 25.2 Å². The molecule has 0 aliphatic carbocycles. The van der Waals surface area contributed by atoms with Crippen LogP contribution in [-0.2, 0) is 19.1 Å². The number of rotatable bonds is 36. The van der Waals surface area contributed by atoms with Crippen LogP contribution in [0.4, 0.5) is 0 Å². The van der Waals surface area contributed by atoms with Crippen LogP contribution >= 0.6 is 0 Å². The number of ether oxygens (including phenoxy) is 2. The summed E-state index contributed by atoms with van der Waals surface area (Å²) in [5.74, 6) is -0.590. The first-order chi connectivity index (χ1) is 22.1. The molecule has 5 nitrogen and oxygen atoms in total. The van der Waals surface area contributed by atoms with Gasteiger partial charge in [0.1, 0.15) is 6.61 Å². The van der Waals surface area contributed by atoms with Crippen LogP contribution in [-0.4, -0.2) is 36.4 Å². The van der Waals surface area contributed by atoms with Gasteiger partial charge < -0.3 is 14.6 Å². The van der Waals surface area contributed by atoms with Crippen molar-refractivity contribution in [3.63, 3.8) is 0 Å². The predicted octanol–water partition coefficient (Wildman–Crippen LogP) is 12.1. The van der Waals surface area contributed by atoms with Crippen LogP contribution in [0.5, 0.6) is 0 Å². The summed E-state index contributed by atoms with van der Waals surface area (Å²) in [4.78, 5) is 24.2. The Balaban J connectivity index is 3.52. The molecule has 0 saturated heterocycles. The third-order valence-electron chi connectivity index (χ3n) is 8.81. The van der Waals surface area contributed by atoms with Gasteiger partial charge in [-0.15, -0.1) is 0 Å². The smallest absolute Gasteiger partial charge is 0.306 e. The van der Waals surface area contributed by atoms with Crippen LogP contribution in [0.25, 0.3) is 0 Å². The number of carbonyl (C=O) groups excluding carboxylic acids is 2. The van der Waals surface area contributed by atoms with Crippen molar-refractivity contribution in [3.05, 3.63) is 12.2 Å². The van der Waals surface area contributed by atoms with Crippen molar-refractivity contribution in [2.45, 2.75) is 219 Å². The number of allylic oxidation sites excluding steroid dienone is 2. The second-order valence-electron chi connectivity index (χ2n) is 13.4. The minimum atomic E-state index is -0.768. The van der Waals surface area contributed by atoms with Gasteiger partial charge in [0.15, 0.2) is 6.10 Å². The summed E-state index contributed by atoms with van der Waals surface area (Å²) in [5.41, 5.74) is 0. The van der Waals surface area contributed by atoms with Gasteiger partial charge >= 0.3 is 11.9 Å². The fourth-order valence-electron chi connectivity index (χ4n) is 5.78. The van der Waals surface area contributed by atoms with Crippen molar-refractivity contribution in [2.75, 3.05) is 13.2 Å². The van der Waals surface area contributed by atoms with Crippen molar-refractivity contribution in [1.29, 1.82) is 0 Å². The molecular formula is C40H76O5. The topological polar surface area (TPSA) is 72.8 Å². The fraction of sp³-hybridized carbons (Fsp3) is 0.900. The maximum Gasteiger partial charge on any atom is 0.306 e. The molecule has 1 N–H and O–H groups in total. The summed E-state index contributed by atoms with van der Waals surface area (Å²) < 4.78 is 10.6. The molecule has 0 aromatic rings. The van der Waals surface area contributed by atoms with Gasteiger partial charge in [-0.25, -0.2) is 0 Å². The summed E-state index contributed by atoms with van der Waals surface area (Å²) in [6.07, 6.45) is 41.3. The Bertz CT molecular complexity index is 647. The maximum atomic E-state index is 12.1. The predicted molar refractivity (Wildman–Crippen MR) is 192 cm³/mol. The Hall–Kier alpha value is -1.36. The van der Waals surface area contributed by atoms with E-state index in [4.69, 9.17) is 9.47 Å². The molecule has 0 aromatic heterocycles. The Labute approximate surface area is 280 Å². The van der Waals surface area contributed by atoms with Crippen LogP contribution < -0.4 is 0 Å². The second-order valence-corrected chi connectivity index (χ2v) is 13.4. The molecule has 266 valence electrons. The lowest BCUT2D eigenvalue weighted by Gasteiger charge is -2.15. The van der Waals surface area contributed by atoms with Crippen LogP contribution in [0, 0.1) is 0 Å². The molecular weight excluding hydrogens is 560 g/mol. The highest BCUT2D eigenvalue weighted by atomic mass is 16.6. The molecule has 0 aliphatic rings. The first-order valence-electron chi connectivity index (χ1n) is 19.7. The molecule has 0 rings (SSSR count). The lowest BCUT2D eigenvalue weighted by atomic mass is 10.0. The largest absolute Gasteiger partial charge is 0.462 e. The van der Waals surface area contributed by atoms with E-state index >= 15 is 0 Å². The van der Waals surface area contributed by atoms with Crippen molar-refractivity contribution >= 4 is 11.9 Å². The van der Waals surface area contributed by atoms with Crippen LogP contribution in [0.2, 0.25) is 0 Å². The maximum absolute atomic E-state index is 12.1. The van der Waals surface area contributed by atoms with Gasteiger partial charge in [0.2, 0.25) is 0 Å². The van der Waals surface area contributed by atoms with Crippen molar-refractivity contribution < 1.29 is 24.2 Å². The normalized spacial score (nSPS) is 12.2. The van der Waals surface area contributed by atoms with Crippen molar-refractivity contribution in [1.82, 2.24) is 0 Å². The third-order valence-corrected chi connectivity index (χ3v) is 8.81. The average molecular weight is 637 g/mol. The minimum absolute atomic E-state index is 0.0632. The molecule has 0 radical (unpaired) electrons. The van der Waals surface area contributed by atoms with E-state index in [1.807, 2.05) is 0 Å².